The second-order valence-corrected chi connectivity index (χ2v) is 7.65. The number of pyridine rings is 2. The highest BCUT2D eigenvalue weighted by Crippen LogP contribution is 2.24. The fourth-order valence-electron chi connectivity index (χ4n) is 3.16. The Morgan fingerprint density at radius 2 is 2.07 bits per heavy atom. The third-order valence-electron chi connectivity index (χ3n) is 4.68. The lowest BCUT2D eigenvalue weighted by molar-refractivity contribution is 0.0341. The molecular formula is C21H22N4O2S. The molecule has 0 bridgehead atoms. The smallest absolute Gasteiger partial charge is 0.258 e. The van der Waals surface area contributed by atoms with Crippen LogP contribution >= 0.6 is 11.3 Å². The Balaban J connectivity index is 1.40. The minimum absolute atomic E-state index is 0.198. The van der Waals surface area contributed by atoms with Crippen molar-refractivity contribution in [2.45, 2.75) is 13.5 Å². The molecule has 0 radical (unpaired) electrons. The number of aromatic nitrogens is 2. The fourth-order valence-corrected chi connectivity index (χ4v) is 3.85. The first-order valence-corrected chi connectivity index (χ1v) is 10.1. The highest BCUT2D eigenvalue weighted by Gasteiger charge is 2.14. The van der Waals surface area contributed by atoms with Crippen molar-refractivity contribution in [3.8, 4) is 10.6 Å². The van der Waals surface area contributed by atoms with Crippen LogP contribution in [0.4, 0.5) is 5.82 Å². The predicted octanol–water partition coefficient (Wildman–Crippen LogP) is 3.60. The number of nitrogens with one attached hydrogen (secondary N) is 1. The Morgan fingerprint density at radius 3 is 2.75 bits per heavy atom. The van der Waals surface area contributed by atoms with Crippen molar-refractivity contribution in [1.29, 1.82) is 0 Å². The Hall–Kier alpha value is -2.61. The first-order valence-electron chi connectivity index (χ1n) is 9.27. The van der Waals surface area contributed by atoms with E-state index in [-0.39, 0.29) is 5.91 Å². The lowest BCUT2D eigenvalue weighted by Gasteiger charge is -2.26. The van der Waals surface area contributed by atoms with Gasteiger partial charge in [0.25, 0.3) is 5.91 Å². The Bertz CT molecular complexity index is 936. The summed E-state index contributed by atoms with van der Waals surface area (Å²) in [4.78, 5) is 25.0. The molecule has 1 fully saturated rings. The molecule has 7 heteroatoms. The van der Waals surface area contributed by atoms with Gasteiger partial charge in [0, 0.05) is 25.8 Å². The largest absolute Gasteiger partial charge is 0.379 e. The quantitative estimate of drug-likeness (QED) is 0.716. The monoisotopic (exact) mass is 394 g/mol. The third kappa shape index (κ3) is 4.44. The number of carbonyl (C=O) groups is 1. The van der Waals surface area contributed by atoms with Crippen molar-refractivity contribution in [2.24, 2.45) is 0 Å². The SMILES string of the molecule is Cc1nc(-c2cccs2)ccc1C(=O)Nc1ccc(CN2CCOCC2)cn1. The highest BCUT2D eigenvalue weighted by atomic mass is 32.1. The highest BCUT2D eigenvalue weighted by molar-refractivity contribution is 7.13. The molecule has 1 aliphatic rings. The zero-order valence-corrected chi connectivity index (χ0v) is 16.5. The second kappa shape index (κ2) is 8.60. The molecule has 1 N–H and O–H groups in total. The molecule has 3 aromatic rings. The summed E-state index contributed by atoms with van der Waals surface area (Å²) in [5.74, 6) is 0.341. The summed E-state index contributed by atoms with van der Waals surface area (Å²) < 4.78 is 5.37. The fraction of sp³-hybridized carbons (Fsp3) is 0.286. The number of ether oxygens (including phenoxy) is 1. The molecule has 144 valence electrons. The average Bonchev–Trinajstić information content (AvgIpc) is 3.25. The summed E-state index contributed by atoms with van der Waals surface area (Å²) in [6, 6.07) is 11.6. The van der Waals surface area contributed by atoms with Crippen LogP contribution in [0.15, 0.2) is 48.0 Å². The van der Waals surface area contributed by atoms with Crippen LogP contribution in [0, 0.1) is 6.92 Å². The zero-order valence-electron chi connectivity index (χ0n) is 15.7. The number of hydrogen-bond acceptors (Lipinski definition) is 6. The van der Waals surface area contributed by atoms with Crippen LogP contribution in [0.25, 0.3) is 10.6 Å². The molecule has 0 aromatic carbocycles. The molecular weight excluding hydrogens is 372 g/mol. The van der Waals surface area contributed by atoms with Crippen molar-refractivity contribution in [3.63, 3.8) is 0 Å². The Morgan fingerprint density at radius 1 is 1.21 bits per heavy atom. The molecule has 3 aromatic heterocycles. The maximum atomic E-state index is 12.6. The molecule has 0 saturated carbocycles. The van der Waals surface area contributed by atoms with Crippen molar-refractivity contribution >= 4 is 23.1 Å². The maximum absolute atomic E-state index is 12.6. The van der Waals surface area contributed by atoms with Crippen LogP contribution < -0.4 is 5.32 Å². The number of aryl methyl sites for hydroxylation is 1. The number of nitrogens with zero attached hydrogens (tertiary/aromatic N) is 3. The van der Waals surface area contributed by atoms with E-state index < -0.39 is 0 Å². The number of morpholine rings is 1. The van der Waals surface area contributed by atoms with Crippen LogP contribution in [-0.2, 0) is 11.3 Å². The normalized spacial score (nSPS) is 14.8. The van der Waals surface area contributed by atoms with Gasteiger partial charge in [-0.1, -0.05) is 12.1 Å². The van der Waals surface area contributed by atoms with Crippen molar-refractivity contribution < 1.29 is 9.53 Å². The van der Waals surface area contributed by atoms with Crippen LogP contribution in [0.3, 0.4) is 0 Å². The van der Waals surface area contributed by atoms with Gasteiger partial charge in [-0.15, -0.1) is 11.3 Å². The van der Waals surface area contributed by atoms with E-state index in [1.165, 1.54) is 0 Å². The number of hydrogen-bond donors (Lipinski definition) is 1. The number of carbonyl (C=O) groups excluding carboxylic acids is 1. The van der Waals surface area contributed by atoms with Gasteiger partial charge in [0.05, 0.1) is 35.0 Å². The zero-order chi connectivity index (χ0) is 19.3. The van der Waals surface area contributed by atoms with Crippen molar-refractivity contribution in [2.75, 3.05) is 31.6 Å². The van der Waals surface area contributed by atoms with Gasteiger partial charge in [0.2, 0.25) is 0 Å². The van der Waals surface area contributed by atoms with E-state index in [0.717, 1.165) is 49.0 Å². The number of anilines is 1. The van der Waals surface area contributed by atoms with E-state index in [9.17, 15) is 4.79 Å². The maximum Gasteiger partial charge on any atom is 0.258 e. The molecule has 0 aliphatic carbocycles. The van der Waals surface area contributed by atoms with Gasteiger partial charge in [0.15, 0.2) is 0 Å². The van der Waals surface area contributed by atoms with Crippen LogP contribution in [0.1, 0.15) is 21.6 Å². The summed E-state index contributed by atoms with van der Waals surface area (Å²) in [5, 5.41) is 4.88. The predicted molar refractivity (Wildman–Crippen MR) is 111 cm³/mol. The Kier molecular flexibility index (Phi) is 5.76. The molecule has 6 nitrogen and oxygen atoms in total. The number of rotatable bonds is 5. The standard InChI is InChI=1S/C21H22N4O2S/c1-15-17(5-6-18(23-15)19-3-2-12-28-19)21(26)24-20-7-4-16(13-22-20)14-25-8-10-27-11-9-25/h2-7,12-13H,8-11,14H2,1H3,(H,22,24,26). The topological polar surface area (TPSA) is 67.4 Å². The first kappa shape index (κ1) is 18.7. The molecule has 4 rings (SSSR count). The number of amides is 1. The van der Waals surface area contributed by atoms with E-state index in [4.69, 9.17) is 4.74 Å². The second-order valence-electron chi connectivity index (χ2n) is 6.70. The summed E-state index contributed by atoms with van der Waals surface area (Å²) in [5.41, 5.74) is 3.26. The first-order chi connectivity index (χ1) is 13.7. The number of thiophene rings is 1. The van der Waals surface area contributed by atoms with Crippen LogP contribution in [0.5, 0.6) is 0 Å². The summed E-state index contributed by atoms with van der Waals surface area (Å²) in [6.07, 6.45) is 1.82. The Labute approximate surface area is 168 Å². The molecule has 1 aliphatic heterocycles. The molecule has 1 saturated heterocycles. The molecule has 0 atom stereocenters. The van der Waals surface area contributed by atoms with Gasteiger partial charge < -0.3 is 10.1 Å². The van der Waals surface area contributed by atoms with Gasteiger partial charge in [-0.25, -0.2) is 4.98 Å². The van der Waals surface area contributed by atoms with E-state index in [0.29, 0.717) is 17.1 Å². The average molecular weight is 395 g/mol. The van der Waals surface area contributed by atoms with E-state index >= 15 is 0 Å². The lowest BCUT2D eigenvalue weighted by Crippen LogP contribution is -2.35. The third-order valence-corrected chi connectivity index (χ3v) is 5.57. The molecule has 0 spiro atoms. The minimum atomic E-state index is -0.198. The molecule has 28 heavy (non-hydrogen) atoms. The van der Waals surface area contributed by atoms with Gasteiger partial charge >= 0.3 is 0 Å². The summed E-state index contributed by atoms with van der Waals surface area (Å²) in [6.45, 7) is 6.13. The van der Waals surface area contributed by atoms with E-state index in [2.05, 4.69) is 20.2 Å². The lowest BCUT2D eigenvalue weighted by atomic mass is 10.1. The molecule has 1 amide bonds. The van der Waals surface area contributed by atoms with Gasteiger partial charge in [-0.05, 0) is 42.1 Å². The van der Waals surface area contributed by atoms with E-state index in [1.54, 1.807) is 11.3 Å². The summed E-state index contributed by atoms with van der Waals surface area (Å²) in [7, 11) is 0. The minimum Gasteiger partial charge on any atom is -0.379 e. The van der Waals surface area contributed by atoms with Gasteiger partial charge in [0.1, 0.15) is 5.82 Å². The van der Waals surface area contributed by atoms with Gasteiger partial charge in [-0.2, -0.15) is 0 Å². The molecule has 4 heterocycles. The van der Waals surface area contributed by atoms with Crippen molar-refractivity contribution in [1.82, 2.24) is 14.9 Å². The van der Waals surface area contributed by atoms with Crippen LogP contribution in [0.2, 0.25) is 0 Å². The van der Waals surface area contributed by atoms with Crippen molar-refractivity contribution in [3.05, 3.63) is 64.8 Å². The van der Waals surface area contributed by atoms with Gasteiger partial charge in [-0.3, -0.25) is 14.7 Å². The summed E-state index contributed by atoms with van der Waals surface area (Å²) >= 11 is 1.63. The van der Waals surface area contributed by atoms with Crippen LogP contribution in [-0.4, -0.2) is 47.1 Å². The van der Waals surface area contributed by atoms with E-state index in [1.807, 2.05) is 54.9 Å². The molecule has 0 unspecified atom stereocenters.